The molecule has 1 atom stereocenters. The Hall–Kier alpha value is -2.34. The van der Waals surface area contributed by atoms with E-state index in [0.717, 1.165) is 15.6 Å². The molecule has 0 bridgehead atoms. The van der Waals surface area contributed by atoms with Crippen LogP contribution in [0.5, 0.6) is 0 Å². The number of methoxy groups -OCH3 is 1. The Balaban J connectivity index is 1.80. The van der Waals surface area contributed by atoms with Crippen LogP contribution < -0.4 is 5.32 Å². The molecule has 124 valence electrons. The van der Waals surface area contributed by atoms with Gasteiger partial charge in [0.05, 0.1) is 13.0 Å². The molecular weight excluding hydrogens is 372 g/mol. The molecule has 1 aliphatic heterocycles. The monoisotopic (exact) mass is 388 g/mol. The molecule has 0 aromatic heterocycles. The first-order chi connectivity index (χ1) is 11.6. The lowest BCUT2D eigenvalue weighted by atomic mass is 9.90. The van der Waals surface area contributed by atoms with Crippen LogP contribution in [-0.2, 0) is 16.1 Å². The molecule has 2 aromatic carbocycles. The van der Waals surface area contributed by atoms with Crippen molar-refractivity contribution in [2.45, 2.75) is 12.5 Å². The van der Waals surface area contributed by atoms with Gasteiger partial charge in [0.25, 0.3) is 0 Å². The fourth-order valence-corrected chi connectivity index (χ4v) is 3.11. The first kappa shape index (κ1) is 16.5. The van der Waals surface area contributed by atoms with Gasteiger partial charge < -0.3 is 15.0 Å². The predicted molar refractivity (Wildman–Crippen MR) is 94.8 cm³/mol. The fourth-order valence-electron chi connectivity index (χ4n) is 2.84. The predicted octanol–water partition coefficient (Wildman–Crippen LogP) is 3.75. The Labute approximate surface area is 148 Å². The van der Waals surface area contributed by atoms with E-state index in [4.69, 9.17) is 4.74 Å². The number of urea groups is 1. The van der Waals surface area contributed by atoms with Crippen molar-refractivity contribution in [2.75, 3.05) is 19.0 Å². The summed E-state index contributed by atoms with van der Waals surface area (Å²) in [6, 6.07) is 14.8. The van der Waals surface area contributed by atoms with E-state index in [1.807, 2.05) is 48.5 Å². The highest BCUT2D eigenvalue weighted by Crippen LogP contribution is 2.29. The normalized spacial score (nSPS) is 16.2. The number of halogens is 1. The van der Waals surface area contributed by atoms with Gasteiger partial charge in [-0.25, -0.2) is 4.79 Å². The minimum Gasteiger partial charge on any atom is -0.468 e. The van der Waals surface area contributed by atoms with Crippen LogP contribution in [0.1, 0.15) is 17.0 Å². The van der Waals surface area contributed by atoms with Crippen molar-refractivity contribution >= 4 is 33.6 Å². The standard InChI is InChI=1S/C18H17BrN2O3/c1-24-17(22)16-11-21(10-12-4-2-3-5-15(12)16)18(23)20-14-8-6-13(19)7-9-14/h2-9,16H,10-11H2,1H3,(H,20,23). The van der Waals surface area contributed by atoms with Crippen LogP contribution >= 0.6 is 15.9 Å². The molecule has 0 saturated heterocycles. The average Bonchev–Trinajstić information content (AvgIpc) is 2.62. The van der Waals surface area contributed by atoms with Crippen molar-refractivity contribution in [3.05, 3.63) is 64.1 Å². The number of fused-ring (bicyclic) bond motifs is 1. The third-order valence-corrected chi connectivity index (χ3v) is 4.59. The molecule has 2 aromatic rings. The number of rotatable bonds is 2. The van der Waals surface area contributed by atoms with Gasteiger partial charge in [-0.1, -0.05) is 40.2 Å². The molecule has 1 aliphatic rings. The summed E-state index contributed by atoms with van der Waals surface area (Å²) in [6.45, 7) is 0.762. The van der Waals surface area contributed by atoms with Gasteiger partial charge in [0, 0.05) is 23.2 Å². The number of nitrogens with zero attached hydrogens (tertiary/aromatic N) is 1. The molecule has 1 N–H and O–H groups in total. The van der Waals surface area contributed by atoms with Gasteiger partial charge in [-0.15, -0.1) is 0 Å². The topological polar surface area (TPSA) is 58.6 Å². The maximum atomic E-state index is 12.6. The van der Waals surface area contributed by atoms with Crippen molar-refractivity contribution in [2.24, 2.45) is 0 Å². The third kappa shape index (κ3) is 3.43. The van der Waals surface area contributed by atoms with Crippen molar-refractivity contribution in [3.63, 3.8) is 0 Å². The van der Waals surface area contributed by atoms with Crippen molar-refractivity contribution < 1.29 is 14.3 Å². The highest BCUT2D eigenvalue weighted by atomic mass is 79.9. The summed E-state index contributed by atoms with van der Waals surface area (Å²) >= 11 is 3.36. The first-order valence-electron chi connectivity index (χ1n) is 7.55. The van der Waals surface area contributed by atoms with Gasteiger partial charge >= 0.3 is 12.0 Å². The van der Waals surface area contributed by atoms with Crippen LogP contribution in [0.4, 0.5) is 10.5 Å². The van der Waals surface area contributed by atoms with Gasteiger partial charge in [0.15, 0.2) is 0 Å². The number of ether oxygens (including phenoxy) is 1. The average molecular weight is 389 g/mol. The van der Waals surface area contributed by atoms with E-state index < -0.39 is 5.92 Å². The van der Waals surface area contributed by atoms with Crippen LogP contribution in [0.3, 0.4) is 0 Å². The molecule has 2 amide bonds. The van der Waals surface area contributed by atoms with Gasteiger partial charge in [-0.2, -0.15) is 0 Å². The SMILES string of the molecule is COC(=O)C1CN(C(=O)Nc2ccc(Br)cc2)Cc2ccccc21. The zero-order valence-corrected chi connectivity index (χ0v) is 14.7. The summed E-state index contributed by atoms with van der Waals surface area (Å²) < 4.78 is 5.85. The largest absolute Gasteiger partial charge is 0.468 e. The number of benzene rings is 2. The maximum absolute atomic E-state index is 12.6. The number of carbonyl (C=O) groups excluding carboxylic acids is 2. The quantitative estimate of drug-likeness (QED) is 0.796. The lowest BCUT2D eigenvalue weighted by Gasteiger charge is -2.33. The molecule has 5 nitrogen and oxygen atoms in total. The van der Waals surface area contributed by atoms with Crippen molar-refractivity contribution in [1.29, 1.82) is 0 Å². The number of hydrogen-bond acceptors (Lipinski definition) is 3. The second-order valence-corrected chi connectivity index (χ2v) is 6.51. The minimum absolute atomic E-state index is 0.235. The van der Waals surface area contributed by atoms with Crippen LogP contribution in [0, 0.1) is 0 Å². The summed E-state index contributed by atoms with van der Waals surface area (Å²) in [5.74, 6) is -0.792. The molecule has 0 radical (unpaired) electrons. The number of esters is 1. The van der Waals surface area contributed by atoms with E-state index in [-0.39, 0.29) is 12.0 Å². The Morgan fingerprint density at radius 1 is 1.17 bits per heavy atom. The smallest absolute Gasteiger partial charge is 0.322 e. The van der Waals surface area contributed by atoms with Crippen molar-refractivity contribution in [3.8, 4) is 0 Å². The summed E-state index contributed by atoms with van der Waals surface area (Å²) in [5.41, 5.74) is 2.60. The Morgan fingerprint density at radius 3 is 2.58 bits per heavy atom. The van der Waals surface area contributed by atoms with Gasteiger partial charge in [0.2, 0.25) is 0 Å². The minimum atomic E-state index is -0.462. The summed E-state index contributed by atoms with van der Waals surface area (Å²) in [4.78, 5) is 26.3. The molecular formula is C18H17BrN2O3. The molecule has 24 heavy (non-hydrogen) atoms. The van der Waals surface area contributed by atoms with Crippen LogP contribution in [0.25, 0.3) is 0 Å². The molecule has 0 fully saturated rings. The molecule has 0 saturated carbocycles. The van der Waals surface area contributed by atoms with E-state index in [1.165, 1.54) is 7.11 Å². The molecule has 6 heteroatoms. The highest BCUT2D eigenvalue weighted by Gasteiger charge is 2.33. The maximum Gasteiger partial charge on any atom is 0.322 e. The second kappa shape index (κ2) is 7.05. The summed E-state index contributed by atoms with van der Waals surface area (Å²) in [6.07, 6.45) is 0. The highest BCUT2D eigenvalue weighted by molar-refractivity contribution is 9.10. The molecule has 1 unspecified atom stereocenters. The van der Waals surface area contributed by atoms with Crippen molar-refractivity contribution in [1.82, 2.24) is 4.90 Å². The first-order valence-corrected chi connectivity index (χ1v) is 8.35. The molecule has 0 aliphatic carbocycles. The van der Waals surface area contributed by atoms with E-state index in [1.54, 1.807) is 4.90 Å². The molecule has 0 spiro atoms. The zero-order chi connectivity index (χ0) is 17.1. The van der Waals surface area contributed by atoms with Gasteiger partial charge in [-0.05, 0) is 35.4 Å². The van der Waals surface area contributed by atoms with Gasteiger partial charge in [0.1, 0.15) is 0 Å². The van der Waals surface area contributed by atoms with E-state index in [2.05, 4.69) is 21.2 Å². The Morgan fingerprint density at radius 2 is 1.88 bits per heavy atom. The lowest BCUT2D eigenvalue weighted by Crippen LogP contribution is -2.43. The van der Waals surface area contributed by atoms with E-state index in [0.29, 0.717) is 18.8 Å². The number of anilines is 1. The zero-order valence-electron chi connectivity index (χ0n) is 13.2. The van der Waals surface area contributed by atoms with Crippen LogP contribution in [0.2, 0.25) is 0 Å². The second-order valence-electron chi connectivity index (χ2n) is 5.59. The van der Waals surface area contributed by atoms with Gasteiger partial charge in [-0.3, -0.25) is 4.79 Å². The summed E-state index contributed by atoms with van der Waals surface area (Å²) in [5, 5.41) is 2.86. The number of hydrogen-bond donors (Lipinski definition) is 1. The summed E-state index contributed by atoms with van der Waals surface area (Å²) in [7, 11) is 1.37. The lowest BCUT2D eigenvalue weighted by molar-refractivity contribution is -0.143. The number of nitrogens with one attached hydrogen (secondary N) is 1. The van der Waals surface area contributed by atoms with Crippen LogP contribution in [0.15, 0.2) is 53.0 Å². The number of amides is 2. The third-order valence-electron chi connectivity index (χ3n) is 4.06. The Bertz CT molecular complexity index is 761. The Kier molecular flexibility index (Phi) is 4.85. The van der Waals surface area contributed by atoms with E-state index >= 15 is 0 Å². The fraction of sp³-hybridized carbons (Fsp3) is 0.222. The molecule has 1 heterocycles. The molecule has 3 rings (SSSR count). The van der Waals surface area contributed by atoms with Crippen LogP contribution in [-0.4, -0.2) is 30.6 Å². The van der Waals surface area contributed by atoms with E-state index in [9.17, 15) is 9.59 Å². The number of carbonyl (C=O) groups is 2.